The van der Waals surface area contributed by atoms with Crippen LogP contribution < -0.4 is 0 Å². The minimum atomic E-state index is 0.474. The van der Waals surface area contributed by atoms with Gasteiger partial charge in [-0.1, -0.05) is 71.1 Å². The SMILES string of the molecule is CCCCCC(c1ccccc1O)C(C)CCC. The third kappa shape index (κ3) is 4.36. The second-order valence-corrected chi connectivity index (χ2v) is 5.43. The number of hydrogen-bond donors (Lipinski definition) is 1. The Labute approximate surface area is 112 Å². The van der Waals surface area contributed by atoms with Crippen LogP contribution in [0, 0.1) is 5.92 Å². The average Bonchev–Trinajstić information content (AvgIpc) is 2.36. The monoisotopic (exact) mass is 248 g/mol. The molecule has 0 radical (unpaired) electrons. The summed E-state index contributed by atoms with van der Waals surface area (Å²) in [6.45, 7) is 6.81. The molecule has 0 spiro atoms. The molecule has 2 atom stereocenters. The standard InChI is InChI=1S/C17H28O/c1-4-6-7-11-15(14(3)10-5-2)16-12-8-9-13-17(16)18/h8-9,12-15,18H,4-7,10-11H2,1-3H3. The molecule has 0 aliphatic rings. The van der Waals surface area contributed by atoms with E-state index in [0.717, 1.165) is 5.56 Å². The van der Waals surface area contributed by atoms with Crippen molar-refractivity contribution in [3.63, 3.8) is 0 Å². The van der Waals surface area contributed by atoms with Crippen LogP contribution in [0.3, 0.4) is 0 Å². The zero-order valence-corrected chi connectivity index (χ0v) is 12.2. The van der Waals surface area contributed by atoms with E-state index in [1.807, 2.05) is 18.2 Å². The molecule has 1 aromatic rings. The van der Waals surface area contributed by atoms with Gasteiger partial charge in [-0.2, -0.15) is 0 Å². The van der Waals surface area contributed by atoms with Crippen molar-refractivity contribution in [1.82, 2.24) is 0 Å². The van der Waals surface area contributed by atoms with Gasteiger partial charge in [0, 0.05) is 0 Å². The van der Waals surface area contributed by atoms with Gasteiger partial charge in [0.1, 0.15) is 5.75 Å². The van der Waals surface area contributed by atoms with Crippen LogP contribution in [0.1, 0.15) is 70.8 Å². The number of rotatable bonds is 8. The number of hydrogen-bond acceptors (Lipinski definition) is 1. The van der Waals surface area contributed by atoms with Crippen LogP contribution in [-0.4, -0.2) is 5.11 Å². The van der Waals surface area contributed by atoms with Crippen LogP contribution >= 0.6 is 0 Å². The van der Waals surface area contributed by atoms with E-state index in [2.05, 4.69) is 26.8 Å². The maximum Gasteiger partial charge on any atom is 0.119 e. The molecular weight excluding hydrogens is 220 g/mol. The molecule has 0 aliphatic heterocycles. The summed E-state index contributed by atoms with van der Waals surface area (Å²) >= 11 is 0. The van der Waals surface area contributed by atoms with Gasteiger partial charge in [-0.05, 0) is 29.9 Å². The van der Waals surface area contributed by atoms with Gasteiger partial charge < -0.3 is 5.11 Å². The van der Waals surface area contributed by atoms with E-state index in [1.54, 1.807) is 0 Å². The molecular formula is C17H28O. The topological polar surface area (TPSA) is 20.2 Å². The van der Waals surface area contributed by atoms with Crippen molar-refractivity contribution in [3.8, 4) is 5.75 Å². The van der Waals surface area contributed by atoms with Gasteiger partial charge in [0.25, 0.3) is 0 Å². The maximum absolute atomic E-state index is 10.1. The Morgan fingerprint density at radius 1 is 1.00 bits per heavy atom. The van der Waals surface area contributed by atoms with Crippen LogP contribution in [0.25, 0.3) is 0 Å². The lowest BCUT2D eigenvalue weighted by Crippen LogP contribution is -2.10. The van der Waals surface area contributed by atoms with Crippen molar-refractivity contribution in [1.29, 1.82) is 0 Å². The van der Waals surface area contributed by atoms with Gasteiger partial charge in [0.2, 0.25) is 0 Å². The van der Waals surface area contributed by atoms with Gasteiger partial charge >= 0.3 is 0 Å². The maximum atomic E-state index is 10.1. The summed E-state index contributed by atoms with van der Waals surface area (Å²) in [6.07, 6.45) is 7.49. The molecule has 1 heteroatoms. The Balaban J connectivity index is 2.79. The number of phenols is 1. The molecule has 0 saturated heterocycles. The van der Waals surface area contributed by atoms with Crippen molar-refractivity contribution in [3.05, 3.63) is 29.8 Å². The lowest BCUT2D eigenvalue weighted by molar-refractivity contribution is 0.375. The van der Waals surface area contributed by atoms with E-state index in [1.165, 1.54) is 38.5 Å². The third-order valence-electron chi connectivity index (χ3n) is 3.89. The molecule has 0 aliphatic carbocycles. The third-order valence-corrected chi connectivity index (χ3v) is 3.89. The molecule has 0 saturated carbocycles. The molecule has 1 aromatic carbocycles. The molecule has 1 N–H and O–H groups in total. The van der Waals surface area contributed by atoms with Crippen molar-refractivity contribution in [2.75, 3.05) is 0 Å². The minimum Gasteiger partial charge on any atom is -0.508 e. The quantitative estimate of drug-likeness (QED) is 0.603. The van der Waals surface area contributed by atoms with Crippen molar-refractivity contribution in [2.24, 2.45) is 5.92 Å². The second-order valence-electron chi connectivity index (χ2n) is 5.43. The molecule has 0 heterocycles. The van der Waals surface area contributed by atoms with E-state index >= 15 is 0 Å². The fourth-order valence-electron chi connectivity index (χ4n) is 2.82. The zero-order chi connectivity index (χ0) is 13.4. The highest BCUT2D eigenvalue weighted by Gasteiger charge is 2.20. The van der Waals surface area contributed by atoms with Gasteiger partial charge in [0.05, 0.1) is 0 Å². The first-order valence-electron chi connectivity index (χ1n) is 7.48. The minimum absolute atomic E-state index is 0.474. The second kappa shape index (κ2) is 8.18. The summed E-state index contributed by atoms with van der Waals surface area (Å²) in [4.78, 5) is 0. The Kier molecular flexibility index (Phi) is 6.85. The highest BCUT2D eigenvalue weighted by atomic mass is 16.3. The van der Waals surface area contributed by atoms with Crippen molar-refractivity contribution >= 4 is 0 Å². The van der Waals surface area contributed by atoms with E-state index in [0.29, 0.717) is 17.6 Å². The van der Waals surface area contributed by atoms with Crippen molar-refractivity contribution in [2.45, 2.75) is 65.2 Å². The van der Waals surface area contributed by atoms with Gasteiger partial charge in [-0.3, -0.25) is 0 Å². The van der Waals surface area contributed by atoms with Crippen LogP contribution in [0.2, 0.25) is 0 Å². The summed E-state index contributed by atoms with van der Waals surface area (Å²) in [7, 11) is 0. The Morgan fingerprint density at radius 2 is 1.72 bits per heavy atom. The first-order valence-corrected chi connectivity index (χ1v) is 7.48. The molecule has 102 valence electrons. The van der Waals surface area contributed by atoms with Crippen LogP contribution in [0.15, 0.2) is 24.3 Å². The molecule has 0 amide bonds. The molecule has 2 unspecified atom stereocenters. The molecule has 0 aromatic heterocycles. The predicted octanol–water partition coefficient (Wildman–Crippen LogP) is 5.49. The Morgan fingerprint density at radius 3 is 2.33 bits per heavy atom. The van der Waals surface area contributed by atoms with Gasteiger partial charge in [0.15, 0.2) is 0 Å². The number of para-hydroxylation sites is 1. The van der Waals surface area contributed by atoms with Crippen LogP contribution in [0.4, 0.5) is 0 Å². The van der Waals surface area contributed by atoms with E-state index in [4.69, 9.17) is 0 Å². The van der Waals surface area contributed by atoms with E-state index in [9.17, 15) is 5.11 Å². The summed E-state index contributed by atoms with van der Waals surface area (Å²) < 4.78 is 0. The molecule has 0 bridgehead atoms. The summed E-state index contributed by atoms with van der Waals surface area (Å²) in [5.41, 5.74) is 1.15. The highest BCUT2D eigenvalue weighted by Crippen LogP contribution is 2.37. The summed E-state index contributed by atoms with van der Waals surface area (Å²) in [5.74, 6) is 1.64. The number of unbranched alkanes of at least 4 members (excludes halogenated alkanes) is 2. The highest BCUT2D eigenvalue weighted by molar-refractivity contribution is 5.35. The van der Waals surface area contributed by atoms with Crippen LogP contribution in [0.5, 0.6) is 5.75 Å². The first-order chi connectivity index (χ1) is 8.70. The van der Waals surface area contributed by atoms with Gasteiger partial charge in [-0.15, -0.1) is 0 Å². The Hall–Kier alpha value is -0.980. The normalized spacial score (nSPS) is 14.4. The smallest absolute Gasteiger partial charge is 0.119 e. The largest absolute Gasteiger partial charge is 0.508 e. The summed E-state index contributed by atoms with van der Waals surface area (Å²) in [6, 6.07) is 7.87. The van der Waals surface area contributed by atoms with E-state index < -0.39 is 0 Å². The molecule has 0 fully saturated rings. The summed E-state index contributed by atoms with van der Waals surface area (Å²) in [5, 5.41) is 10.1. The van der Waals surface area contributed by atoms with Gasteiger partial charge in [-0.25, -0.2) is 0 Å². The van der Waals surface area contributed by atoms with E-state index in [-0.39, 0.29) is 0 Å². The van der Waals surface area contributed by atoms with Crippen LogP contribution in [-0.2, 0) is 0 Å². The van der Waals surface area contributed by atoms with Crippen molar-refractivity contribution < 1.29 is 5.11 Å². The fourth-order valence-corrected chi connectivity index (χ4v) is 2.82. The average molecular weight is 248 g/mol. The molecule has 1 nitrogen and oxygen atoms in total. The zero-order valence-electron chi connectivity index (χ0n) is 12.2. The first kappa shape index (κ1) is 15.1. The fraction of sp³-hybridized carbons (Fsp3) is 0.647. The molecule has 18 heavy (non-hydrogen) atoms. The number of aromatic hydroxyl groups is 1. The predicted molar refractivity (Wildman–Crippen MR) is 79.1 cm³/mol. The number of phenolic OH excluding ortho intramolecular Hbond substituents is 1. The molecule has 1 rings (SSSR count). The lowest BCUT2D eigenvalue weighted by atomic mass is 9.80. The Bertz CT molecular complexity index is 332. The number of benzene rings is 1. The lowest BCUT2D eigenvalue weighted by Gasteiger charge is -2.25.